The lowest BCUT2D eigenvalue weighted by Crippen LogP contribution is -1.96. The van der Waals surface area contributed by atoms with E-state index in [2.05, 4.69) is 27.0 Å². The predicted octanol–water partition coefficient (Wildman–Crippen LogP) is 2.47. The second-order valence-corrected chi connectivity index (χ2v) is 3.19. The fourth-order valence-corrected chi connectivity index (χ4v) is 1.65. The van der Waals surface area contributed by atoms with Crippen LogP contribution in [0.3, 0.4) is 0 Å². The van der Waals surface area contributed by atoms with Crippen molar-refractivity contribution in [3.8, 4) is 6.07 Å². The van der Waals surface area contributed by atoms with Crippen LogP contribution in [0.4, 0.5) is 0 Å². The molecule has 0 bridgehead atoms. The maximum Gasteiger partial charge on any atom is 0.0998 e. The van der Waals surface area contributed by atoms with Crippen LogP contribution in [0.15, 0.2) is 6.20 Å². The van der Waals surface area contributed by atoms with E-state index in [0.29, 0.717) is 5.33 Å². The molecule has 0 aliphatic rings. The molecular weight excluding hydrogens is 216 g/mol. The number of aryl methyl sites for hydroxylation is 1. The maximum absolute atomic E-state index is 8.83. The topological polar surface area (TPSA) is 36.7 Å². The van der Waals surface area contributed by atoms with Crippen LogP contribution in [0.25, 0.3) is 0 Å². The van der Waals surface area contributed by atoms with Gasteiger partial charge in [-0.05, 0) is 25.0 Å². The molecule has 1 aromatic heterocycles. The Labute approximate surface area is 80.4 Å². The molecule has 1 rings (SSSR count). The summed E-state index contributed by atoms with van der Waals surface area (Å²) in [6.07, 6.45) is 1.74. The summed E-state index contributed by atoms with van der Waals surface area (Å²) in [5.74, 6) is 0. The smallest absolute Gasteiger partial charge is 0.0998 e. The van der Waals surface area contributed by atoms with Crippen molar-refractivity contribution in [3.05, 3.63) is 28.6 Å². The third-order valence-electron chi connectivity index (χ3n) is 1.85. The molecule has 0 saturated carbocycles. The molecular formula is C9H9BrN2. The molecule has 0 radical (unpaired) electrons. The molecule has 62 valence electrons. The first-order valence-corrected chi connectivity index (χ1v) is 4.74. The van der Waals surface area contributed by atoms with Gasteiger partial charge in [-0.25, -0.2) is 0 Å². The largest absolute Gasteiger partial charge is 0.260 e. The normalized spacial score (nSPS) is 9.50. The van der Waals surface area contributed by atoms with E-state index in [4.69, 9.17) is 5.26 Å². The standard InChI is InChI=1S/C9H9BrN2/c1-6-5-12-9(3-10)7(2)8(6)4-11/h5H,3H2,1-2H3. The Kier molecular flexibility index (Phi) is 2.83. The molecule has 0 unspecified atom stereocenters. The van der Waals surface area contributed by atoms with Gasteiger partial charge in [0, 0.05) is 11.5 Å². The Morgan fingerprint density at radius 3 is 2.75 bits per heavy atom. The molecule has 0 aliphatic heterocycles. The van der Waals surface area contributed by atoms with Crippen molar-refractivity contribution in [2.75, 3.05) is 0 Å². The number of rotatable bonds is 1. The van der Waals surface area contributed by atoms with Crippen molar-refractivity contribution in [2.45, 2.75) is 19.2 Å². The number of halogens is 1. The molecule has 12 heavy (non-hydrogen) atoms. The lowest BCUT2D eigenvalue weighted by molar-refractivity contribution is 1.10. The summed E-state index contributed by atoms with van der Waals surface area (Å²) in [5.41, 5.74) is 3.62. The third kappa shape index (κ3) is 1.49. The lowest BCUT2D eigenvalue weighted by Gasteiger charge is -2.04. The zero-order valence-electron chi connectivity index (χ0n) is 7.06. The highest BCUT2D eigenvalue weighted by molar-refractivity contribution is 9.08. The average molecular weight is 225 g/mol. The van der Waals surface area contributed by atoms with E-state index >= 15 is 0 Å². The molecule has 0 spiro atoms. The molecule has 0 saturated heterocycles. The van der Waals surface area contributed by atoms with Crippen LogP contribution in [0.5, 0.6) is 0 Å². The number of nitriles is 1. The summed E-state index contributed by atoms with van der Waals surface area (Å²) in [5, 5.41) is 9.53. The molecule has 0 amide bonds. The van der Waals surface area contributed by atoms with E-state index in [1.165, 1.54) is 0 Å². The Morgan fingerprint density at radius 1 is 1.58 bits per heavy atom. The van der Waals surface area contributed by atoms with Crippen molar-refractivity contribution in [3.63, 3.8) is 0 Å². The van der Waals surface area contributed by atoms with E-state index in [9.17, 15) is 0 Å². The van der Waals surface area contributed by atoms with E-state index < -0.39 is 0 Å². The van der Waals surface area contributed by atoms with Gasteiger partial charge in [0.2, 0.25) is 0 Å². The van der Waals surface area contributed by atoms with E-state index in [1.807, 2.05) is 13.8 Å². The minimum Gasteiger partial charge on any atom is -0.260 e. The number of pyridine rings is 1. The molecule has 0 aliphatic carbocycles. The highest BCUT2D eigenvalue weighted by Crippen LogP contribution is 2.16. The first-order valence-electron chi connectivity index (χ1n) is 3.61. The third-order valence-corrected chi connectivity index (χ3v) is 2.39. The van der Waals surface area contributed by atoms with Gasteiger partial charge in [0.1, 0.15) is 0 Å². The van der Waals surface area contributed by atoms with E-state index in [0.717, 1.165) is 22.4 Å². The Morgan fingerprint density at radius 2 is 2.25 bits per heavy atom. The minimum atomic E-state index is 0.702. The van der Waals surface area contributed by atoms with Crippen molar-refractivity contribution in [2.24, 2.45) is 0 Å². The molecule has 3 heteroatoms. The van der Waals surface area contributed by atoms with Crippen molar-refractivity contribution < 1.29 is 0 Å². The quantitative estimate of drug-likeness (QED) is 0.688. The second-order valence-electron chi connectivity index (χ2n) is 2.63. The van der Waals surface area contributed by atoms with Gasteiger partial charge in [-0.15, -0.1) is 0 Å². The van der Waals surface area contributed by atoms with Gasteiger partial charge < -0.3 is 0 Å². The van der Waals surface area contributed by atoms with Crippen molar-refractivity contribution in [1.29, 1.82) is 5.26 Å². The second kappa shape index (κ2) is 3.68. The Balaban J connectivity index is 3.36. The van der Waals surface area contributed by atoms with Crippen LogP contribution in [0, 0.1) is 25.2 Å². The average Bonchev–Trinajstić information content (AvgIpc) is 2.06. The zero-order valence-corrected chi connectivity index (χ0v) is 8.64. The number of nitrogens with zero attached hydrogens (tertiary/aromatic N) is 2. The van der Waals surface area contributed by atoms with E-state index in [1.54, 1.807) is 6.20 Å². The van der Waals surface area contributed by atoms with Gasteiger partial charge >= 0.3 is 0 Å². The summed E-state index contributed by atoms with van der Waals surface area (Å²) < 4.78 is 0. The summed E-state index contributed by atoms with van der Waals surface area (Å²) >= 11 is 3.32. The monoisotopic (exact) mass is 224 g/mol. The van der Waals surface area contributed by atoms with Crippen LogP contribution in [0.1, 0.15) is 22.4 Å². The van der Waals surface area contributed by atoms with Gasteiger partial charge in [-0.1, -0.05) is 15.9 Å². The molecule has 1 aromatic rings. The van der Waals surface area contributed by atoms with Gasteiger partial charge in [-0.2, -0.15) is 5.26 Å². The number of alkyl halides is 1. The highest BCUT2D eigenvalue weighted by atomic mass is 79.9. The fourth-order valence-electron chi connectivity index (χ4n) is 1.08. The number of hydrogen-bond donors (Lipinski definition) is 0. The van der Waals surface area contributed by atoms with Crippen molar-refractivity contribution in [1.82, 2.24) is 4.98 Å². The molecule has 1 heterocycles. The summed E-state index contributed by atoms with van der Waals surface area (Å²) in [6, 6.07) is 2.18. The van der Waals surface area contributed by atoms with Crippen LogP contribution < -0.4 is 0 Å². The van der Waals surface area contributed by atoms with Gasteiger partial charge in [0.05, 0.1) is 17.3 Å². The predicted molar refractivity (Wildman–Crippen MR) is 51.1 cm³/mol. The van der Waals surface area contributed by atoms with E-state index in [-0.39, 0.29) is 0 Å². The molecule has 0 fully saturated rings. The fraction of sp³-hybridized carbons (Fsp3) is 0.333. The summed E-state index contributed by atoms with van der Waals surface area (Å²) in [6.45, 7) is 3.83. The summed E-state index contributed by atoms with van der Waals surface area (Å²) in [7, 11) is 0. The maximum atomic E-state index is 8.83. The Bertz CT molecular complexity index is 339. The molecule has 0 atom stereocenters. The number of hydrogen-bond acceptors (Lipinski definition) is 2. The first kappa shape index (κ1) is 9.21. The Hall–Kier alpha value is -0.880. The van der Waals surface area contributed by atoms with Gasteiger partial charge in [-0.3, -0.25) is 4.98 Å². The minimum absolute atomic E-state index is 0.702. The van der Waals surface area contributed by atoms with Crippen LogP contribution in [0.2, 0.25) is 0 Å². The zero-order chi connectivity index (χ0) is 9.14. The SMILES string of the molecule is Cc1cnc(CBr)c(C)c1C#N. The van der Waals surface area contributed by atoms with Crippen LogP contribution >= 0.6 is 15.9 Å². The first-order chi connectivity index (χ1) is 5.70. The van der Waals surface area contributed by atoms with Crippen molar-refractivity contribution >= 4 is 15.9 Å². The number of aromatic nitrogens is 1. The van der Waals surface area contributed by atoms with Gasteiger partial charge in [0.15, 0.2) is 0 Å². The van der Waals surface area contributed by atoms with Crippen LogP contribution in [-0.4, -0.2) is 4.98 Å². The summed E-state index contributed by atoms with van der Waals surface area (Å²) in [4.78, 5) is 4.21. The lowest BCUT2D eigenvalue weighted by atomic mass is 10.1. The highest BCUT2D eigenvalue weighted by Gasteiger charge is 2.06. The van der Waals surface area contributed by atoms with Gasteiger partial charge in [0.25, 0.3) is 0 Å². The molecule has 0 N–H and O–H groups in total. The molecule has 0 aromatic carbocycles. The van der Waals surface area contributed by atoms with Crippen LogP contribution in [-0.2, 0) is 5.33 Å². The molecule has 2 nitrogen and oxygen atoms in total.